The molecule has 9 heteroatoms. The van der Waals surface area contributed by atoms with Gasteiger partial charge in [-0.3, -0.25) is 5.10 Å². The zero-order valence-corrected chi connectivity index (χ0v) is 17.8. The van der Waals surface area contributed by atoms with Gasteiger partial charge in [0, 0.05) is 36.2 Å². The van der Waals surface area contributed by atoms with Gasteiger partial charge in [-0.15, -0.1) is 0 Å². The molecule has 4 N–H and O–H groups in total. The molecule has 4 aromatic rings. The zero-order valence-electron chi connectivity index (χ0n) is 17.8. The fourth-order valence-corrected chi connectivity index (χ4v) is 4.03. The fourth-order valence-electron chi connectivity index (χ4n) is 4.03. The number of anilines is 1. The minimum absolute atomic E-state index is 0.0951. The average molecular weight is 419 g/mol. The number of likely N-dealkylation sites (tertiary alicyclic amines) is 1. The number of ether oxygens (including phenoxy) is 1. The second-order valence-corrected chi connectivity index (χ2v) is 8.95. The van der Waals surface area contributed by atoms with E-state index in [4.69, 9.17) is 15.5 Å². The van der Waals surface area contributed by atoms with Gasteiger partial charge in [0.15, 0.2) is 0 Å². The standard InChI is InChI=1S/C22H25N7O2/c1-22(2,3)31-21(30)29-9-7-13(11-29)20-26-17-14-5-4-12(15-6-8-24-28-15)10-16(14)25-19(23)18(17)27-20/h4-6,8,10,13H,7,9,11H2,1-3H3,(H2,23,25)(H,24,28)(H,26,27)/t13-/m1/s1. The molecular weight excluding hydrogens is 394 g/mol. The number of pyridine rings is 1. The van der Waals surface area contributed by atoms with E-state index < -0.39 is 5.60 Å². The highest BCUT2D eigenvalue weighted by Crippen LogP contribution is 2.33. The van der Waals surface area contributed by atoms with E-state index in [-0.39, 0.29) is 12.0 Å². The molecule has 1 fully saturated rings. The number of nitrogens with two attached hydrogens (primary N) is 1. The lowest BCUT2D eigenvalue weighted by Gasteiger charge is -2.24. The van der Waals surface area contributed by atoms with E-state index >= 15 is 0 Å². The monoisotopic (exact) mass is 419 g/mol. The first kappa shape index (κ1) is 19.3. The molecule has 0 saturated carbocycles. The Labute approximate surface area is 179 Å². The van der Waals surface area contributed by atoms with E-state index in [0.717, 1.165) is 45.4 Å². The summed E-state index contributed by atoms with van der Waals surface area (Å²) in [5, 5.41) is 7.98. The van der Waals surface area contributed by atoms with Crippen LogP contribution in [-0.4, -0.2) is 54.8 Å². The van der Waals surface area contributed by atoms with Gasteiger partial charge in [-0.25, -0.2) is 14.8 Å². The number of amides is 1. The Morgan fingerprint density at radius 2 is 2.10 bits per heavy atom. The Kier molecular flexibility index (Phi) is 4.35. The van der Waals surface area contributed by atoms with Crippen LogP contribution >= 0.6 is 0 Å². The van der Waals surface area contributed by atoms with Gasteiger partial charge in [0.2, 0.25) is 0 Å². The van der Waals surface area contributed by atoms with Crippen LogP contribution in [-0.2, 0) is 4.74 Å². The number of rotatable bonds is 2. The number of nitrogen functional groups attached to an aromatic ring is 1. The SMILES string of the molecule is CC(C)(C)OC(=O)N1CC[C@@H](c2nc3c([nH]2)c(N)nc2cc(-c4cc[nH]n4)ccc23)C1. The smallest absolute Gasteiger partial charge is 0.410 e. The normalized spacial score (nSPS) is 17.0. The number of H-pyrrole nitrogens is 2. The lowest BCUT2D eigenvalue weighted by Crippen LogP contribution is -2.35. The molecule has 0 spiro atoms. The molecule has 1 aromatic carbocycles. The number of benzene rings is 1. The molecule has 0 aliphatic carbocycles. The number of nitrogens with one attached hydrogen (secondary N) is 2. The molecule has 160 valence electrons. The molecule has 1 saturated heterocycles. The summed E-state index contributed by atoms with van der Waals surface area (Å²) in [5.74, 6) is 1.32. The topological polar surface area (TPSA) is 126 Å². The number of aromatic nitrogens is 5. The van der Waals surface area contributed by atoms with Gasteiger partial charge in [0.25, 0.3) is 0 Å². The molecule has 1 aliphatic rings. The highest BCUT2D eigenvalue weighted by Gasteiger charge is 2.32. The summed E-state index contributed by atoms with van der Waals surface area (Å²) in [6.45, 7) is 6.81. The van der Waals surface area contributed by atoms with Gasteiger partial charge >= 0.3 is 6.09 Å². The number of carbonyl (C=O) groups is 1. The van der Waals surface area contributed by atoms with E-state index in [0.29, 0.717) is 18.9 Å². The molecule has 1 aliphatic heterocycles. The molecule has 9 nitrogen and oxygen atoms in total. The summed E-state index contributed by atoms with van der Waals surface area (Å²) in [4.78, 5) is 26.9. The van der Waals surface area contributed by atoms with E-state index in [1.54, 1.807) is 11.1 Å². The minimum atomic E-state index is -0.512. The Balaban J connectivity index is 1.47. The third kappa shape index (κ3) is 3.56. The molecular formula is C22H25N7O2. The maximum absolute atomic E-state index is 12.4. The van der Waals surface area contributed by atoms with Crippen molar-refractivity contribution in [3.63, 3.8) is 0 Å². The first-order valence-electron chi connectivity index (χ1n) is 10.4. The van der Waals surface area contributed by atoms with E-state index in [2.05, 4.69) is 20.2 Å². The zero-order chi connectivity index (χ0) is 21.8. The maximum atomic E-state index is 12.4. The van der Waals surface area contributed by atoms with Crippen LogP contribution in [0, 0.1) is 0 Å². The van der Waals surface area contributed by atoms with Crippen LogP contribution in [0.3, 0.4) is 0 Å². The molecule has 1 atom stereocenters. The Morgan fingerprint density at radius 1 is 1.26 bits per heavy atom. The number of imidazole rings is 1. The molecule has 1 amide bonds. The van der Waals surface area contributed by atoms with Crippen LogP contribution in [0.2, 0.25) is 0 Å². The highest BCUT2D eigenvalue weighted by molar-refractivity contribution is 6.07. The van der Waals surface area contributed by atoms with E-state index in [1.165, 1.54) is 0 Å². The van der Waals surface area contributed by atoms with Gasteiger partial charge in [-0.2, -0.15) is 5.10 Å². The highest BCUT2D eigenvalue weighted by atomic mass is 16.6. The summed E-state index contributed by atoms with van der Waals surface area (Å²) in [6.07, 6.45) is 2.31. The van der Waals surface area contributed by atoms with Crippen molar-refractivity contribution in [1.29, 1.82) is 0 Å². The summed E-state index contributed by atoms with van der Waals surface area (Å²) in [5.41, 5.74) is 9.84. The van der Waals surface area contributed by atoms with Crippen LogP contribution in [0.5, 0.6) is 0 Å². The molecule has 0 radical (unpaired) electrons. The van der Waals surface area contributed by atoms with Crippen LogP contribution in [0.1, 0.15) is 38.9 Å². The van der Waals surface area contributed by atoms with Gasteiger partial charge in [0.05, 0.1) is 11.2 Å². The average Bonchev–Trinajstić information content (AvgIpc) is 3.46. The predicted molar refractivity (Wildman–Crippen MR) is 119 cm³/mol. The lowest BCUT2D eigenvalue weighted by molar-refractivity contribution is 0.0292. The Morgan fingerprint density at radius 3 is 2.84 bits per heavy atom. The number of hydrogen-bond acceptors (Lipinski definition) is 6. The van der Waals surface area contributed by atoms with Gasteiger partial charge in [-0.05, 0) is 45.4 Å². The van der Waals surface area contributed by atoms with E-state index in [1.807, 2.05) is 45.0 Å². The first-order chi connectivity index (χ1) is 14.8. The number of carbonyl (C=O) groups excluding carboxylic acids is 1. The minimum Gasteiger partial charge on any atom is -0.444 e. The van der Waals surface area contributed by atoms with Crippen LogP contribution < -0.4 is 5.73 Å². The number of aromatic amines is 2. The van der Waals surface area contributed by atoms with Crippen LogP contribution in [0.4, 0.5) is 10.6 Å². The number of hydrogen-bond donors (Lipinski definition) is 3. The van der Waals surface area contributed by atoms with Crippen molar-refractivity contribution in [2.24, 2.45) is 0 Å². The largest absolute Gasteiger partial charge is 0.444 e. The second kappa shape index (κ2) is 6.97. The summed E-state index contributed by atoms with van der Waals surface area (Å²) < 4.78 is 5.50. The summed E-state index contributed by atoms with van der Waals surface area (Å²) >= 11 is 0. The molecule has 5 rings (SSSR count). The van der Waals surface area contributed by atoms with Crippen molar-refractivity contribution in [2.45, 2.75) is 38.7 Å². The third-order valence-electron chi connectivity index (χ3n) is 5.50. The molecule has 31 heavy (non-hydrogen) atoms. The summed E-state index contributed by atoms with van der Waals surface area (Å²) in [7, 11) is 0. The van der Waals surface area contributed by atoms with Gasteiger partial charge in [-0.1, -0.05) is 6.07 Å². The molecule has 3 aromatic heterocycles. The lowest BCUT2D eigenvalue weighted by atomic mass is 10.1. The van der Waals surface area contributed by atoms with Crippen molar-refractivity contribution in [2.75, 3.05) is 18.8 Å². The number of nitrogens with zero attached hydrogens (tertiary/aromatic N) is 4. The van der Waals surface area contributed by atoms with Crippen molar-refractivity contribution >= 4 is 33.8 Å². The van der Waals surface area contributed by atoms with Crippen molar-refractivity contribution in [3.05, 3.63) is 36.3 Å². The second-order valence-electron chi connectivity index (χ2n) is 8.95. The van der Waals surface area contributed by atoms with Gasteiger partial charge in [0.1, 0.15) is 28.3 Å². The molecule has 4 heterocycles. The third-order valence-corrected chi connectivity index (χ3v) is 5.50. The first-order valence-corrected chi connectivity index (χ1v) is 10.4. The Bertz CT molecular complexity index is 1270. The van der Waals surface area contributed by atoms with Crippen molar-refractivity contribution in [1.82, 2.24) is 30.0 Å². The fraction of sp³-hybridized carbons (Fsp3) is 0.364. The Hall–Kier alpha value is -3.62. The summed E-state index contributed by atoms with van der Waals surface area (Å²) in [6, 6.07) is 7.88. The predicted octanol–water partition coefficient (Wildman–Crippen LogP) is 3.81. The van der Waals surface area contributed by atoms with Crippen molar-refractivity contribution in [3.8, 4) is 11.3 Å². The van der Waals surface area contributed by atoms with Crippen molar-refractivity contribution < 1.29 is 9.53 Å². The van der Waals surface area contributed by atoms with Crippen LogP contribution in [0.25, 0.3) is 33.2 Å². The van der Waals surface area contributed by atoms with Gasteiger partial charge < -0.3 is 20.4 Å². The number of fused-ring (bicyclic) bond motifs is 3. The maximum Gasteiger partial charge on any atom is 0.410 e. The van der Waals surface area contributed by atoms with Crippen LogP contribution in [0.15, 0.2) is 30.5 Å². The molecule has 0 bridgehead atoms. The quantitative estimate of drug-likeness (QED) is 0.454. The molecule has 0 unspecified atom stereocenters. The van der Waals surface area contributed by atoms with E-state index in [9.17, 15) is 4.79 Å².